The summed E-state index contributed by atoms with van der Waals surface area (Å²) < 4.78 is 40.6. The van der Waals surface area contributed by atoms with Gasteiger partial charge in [0, 0.05) is 12.6 Å². The number of nitrogens with one attached hydrogen (secondary N) is 1. The van der Waals surface area contributed by atoms with Gasteiger partial charge in [-0.25, -0.2) is 17.5 Å². The Hall–Kier alpha value is -1.28. The molecule has 1 aromatic carbocycles. The molecule has 1 heterocycles. The molecule has 1 N–H and O–H groups in total. The van der Waals surface area contributed by atoms with Crippen molar-refractivity contribution in [2.45, 2.75) is 17.9 Å². The lowest BCUT2D eigenvalue weighted by atomic mass is 10.1. The largest absolute Gasteiger partial charge is 0.301 e. The summed E-state index contributed by atoms with van der Waals surface area (Å²) in [6.07, 6.45) is 0. The first-order chi connectivity index (χ1) is 10.3. The fraction of sp³-hybridized carbons (Fsp3) is 0.333. The van der Waals surface area contributed by atoms with Crippen LogP contribution >= 0.6 is 11.3 Å². The van der Waals surface area contributed by atoms with Crippen LogP contribution in [0.15, 0.2) is 39.9 Å². The molecule has 2 rings (SSSR count). The third-order valence-corrected chi connectivity index (χ3v) is 5.73. The van der Waals surface area contributed by atoms with E-state index in [0.717, 1.165) is 11.6 Å². The molecule has 120 valence electrons. The van der Waals surface area contributed by atoms with Crippen LogP contribution < -0.4 is 4.72 Å². The monoisotopic (exact) mass is 342 g/mol. The summed E-state index contributed by atoms with van der Waals surface area (Å²) in [4.78, 5) is 2.07. The molecule has 0 aliphatic carbocycles. The SMILES string of the molecule is Cc1cc(F)ccc1S(=O)(=O)NCC(c1ccsc1)N(C)C. The van der Waals surface area contributed by atoms with Crippen molar-refractivity contribution in [3.8, 4) is 0 Å². The van der Waals surface area contributed by atoms with Gasteiger partial charge in [0.2, 0.25) is 10.0 Å². The highest BCUT2D eigenvalue weighted by molar-refractivity contribution is 7.89. The van der Waals surface area contributed by atoms with Crippen LogP contribution in [0.25, 0.3) is 0 Å². The Morgan fingerprint density at radius 3 is 2.59 bits per heavy atom. The maximum atomic E-state index is 13.1. The maximum absolute atomic E-state index is 13.1. The zero-order valence-corrected chi connectivity index (χ0v) is 14.3. The molecular weight excluding hydrogens is 323 g/mol. The summed E-state index contributed by atoms with van der Waals surface area (Å²) in [6.45, 7) is 1.84. The molecule has 1 aromatic heterocycles. The van der Waals surface area contributed by atoms with Crippen LogP contribution in [-0.2, 0) is 10.0 Å². The van der Waals surface area contributed by atoms with Crippen molar-refractivity contribution in [3.63, 3.8) is 0 Å². The molecule has 0 spiro atoms. The minimum Gasteiger partial charge on any atom is -0.301 e. The van der Waals surface area contributed by atoms with Crippen LogP contribution in [0.5, 0.6) is 0 Å². The summed E-state index contributed by atoms with van der Waals surface area (Å²) in [5, 5.41) is 3.96. The number of benzene rings is 1. The zero-order chi connectivity index (χ0) is 16.3. The summed E-state index contributed by atoms with van der Waals surface area (Å²) in [5.41, 5.74) is 1.46. The molecule has 0 amide bonds. The van der Waals surface area contributed by atoms with Crippen molar-refractivity contribution in [2.24, 2.45) is 0 Å². The highest BCUT2D eigenvalue weighted by Crippen LogP contribution is 2.21. The van der Waals surface area contributed by atoms with E-state index in [1.807, 2.05) is 35.8 Å². The van der Waals surface area contributed by atoms with E-state index in [-0.39, 0.29) is 17.5 Å². The van der Waals surface area contributed by atoms with Crippen LogP contribution in [-0.4, -0.2) is 34.0 Å². The van der Waals surface area contributed by atoms with Gasteiger partial charge in [0.1, 0.15) is 5.82 Å². The van der Waals surface area contributed by atoms with Crippen LogP contribution in [0.3, 0.4) is 0 Å². The molecule has 1 atom stereocenters. The molecule has 22 heavy (non-hydrogen) atoms. The van der Waals surface area contributed by atoms with Gasteiger partial charge in [0.25, 0.3) is 0 Å². The number of nitrogens with zero attached hydrogens (tertiary/aromatic N) is 1. The number of aryl methyl sites for hydroxylation is 1. The van der Waals surface area contributed by atoms with Gasteiger partial charge in [0.05, 0.1) is 4.90 Å². The summed E-state index contributed by atoms with van der Waals surface area (Å²) in [7, 11) is 0.138. The third kappa shape index (κ3) is 3.92. The van der Waals surface area contributed by atoms with E-state index in [2.05, 4.69) is 4.72 Å². The molecule has 0 aliphatic heterocycles. The highest BCUT2D eigenvalue weighted by atomic mass is 32.2. The normalized spacial score (nSPS) is 13.5. The minimum absolute atomic E-state index is 0.0539. The van der Waals surface area contributed by atoms with E-state index in [4.69, 9.17) is 0 Å². The van der Waals surface area contributed by atoms with E-state index in [9.17, 15) is 12.8 Å². The smallest absolute Gasteiger partial charge is 0.240 e. The Bertz CT molecular complexity index is 728. The van der Waals surface area contributed by atoms with Gasteiger partial charge in [0.15, 0.2) is 0 Å². The first kappa shape index (κ1) is 17.1. The van der Waals surface area contributed by atoms with E-state index in [1.165, 1.54) is 12.1 Å². The van der Waals surface area contributed by atoms with Crippen molar-refractivity contribution < 1.29 is 12.8 Å². The topological polar surface area (TPSA) is 49.4 Å². The van der Waals surface area contributed by atoms with Gasteiger partial charge in [-0.3, -0.25) is 0 Å². The van der Waals surface area contributed by atoms with Crippen LogP contribution in [0, 0.1) is 12.7 Å². The van der Waals surface area contributed by atoms with Crippen molar-refractivity contribution >= 4 is 21.4 Å². The van der Waals surface area contributed by atoms with E-state index < -0.39 is 15.8 Å². The second-order valence-electron chi connectivity index (χ2n) is 5.30. The van der Waals surface area contributed by atoms with Gasteiger partial charge < -0.3 is 4.90 Å². The van der Waals surface area contributed by atoms with Crippen LogP contribution in [0.2, 0.25) is 0 Å². The lowest BCUT2D eigenvalue weighted by molar-refractivity contribution is 0.300. The molecule has 0 saturated carbocycles. The van der Waals surface area contributed by atoms with Gasteiger partial charge in [-0.05, 0) is 67.2 Å². The van der Waals surface area contributed by atoms with Crippen molar-refractivity contribution in [3.05, 3.63) is 52.0 Å². The second kappa shape index (κ2) is 6.87. The average Bonchev–Trinajstić information content (AvgIpc) is 2.91. The third-order valence-electron chi connectivity index (χ3n) is 3.44. The van der Waals surface area contributed by atoms with Crippen LogP contribution in [0.4, 0.5) is 4.39 Å². The molecule has 0 aliphatic rings. The Kier molecular flexibility index (Phi) is 5.33. The molecule has 0 fully saturated rings. The number of halogens is 1. The molecule has 2 aromatic rings. The number of thiophene rings is 1. The molecule has 0 bridgehead atoms. The fourth-order valence-electron chi connectivity index (χ4n) is 2.24. The van der Waals surface area contributed by atoms with Crippen molar-refractivity contribution in [2.75, 3.05) is 20.6 Å². The van der Waals surface area contributed by atoms with E-state index >= 15 is 0 Å². The fourth-order valence-corrected chi connectivity index (χ4v) is 4.21. The highest BCUT2D eigenvalue weighted by Gasteiger charge is 2.21. The number of likely N-dealkylation sites (N-methyl/N-ethyl adjacent to an activating group) is 1. The standard InChI is InChI=1S/C15H19FN2O2S2/c1-11-8-13(16)4-5-15(11)22(19,20)17-9-14(18(2)3)12-6-7-21-10-12/h4-8,10,14,17H,9H2,1-3H3. The van der Waals surface area contributed by atoms with Gasteiger partial charge in [-0.1, -0.05) is 0 Å². The lowest BCUT2D eigenvalue weighted by Crippen LogP contribution is -2.34. The van der Waals surface area contributed by atoms with E-state index in [1.54, 1.807) is 18.3 Å². The Labute approximate surface area is 134 Å². The average molecular weight is 342 g/mol. The zero-order valence-electron chi connectivity index (χ0n) is 12.7. The summed E-state index contributed by atoms with van der Waals surface area (Å²) in [6, 6.07) is 5.59. The van der Waals surface area contributed by atoms with Gasteiger partial charge in [-0.15, -0.1) is 0 Å². The lowest BCUT2D eigenvalue weighted by Gasteiger charge is -2.24. The van der Waals surface area contributed by atoms with Crippen molar-refractivity contribution in [1.29, 1.82) is 0 Å². The minimum atomic E-state index is -3.67. The van der Waals surface area contributed by atoms with Gasteiger partial charge in [-0.2, -0.15) is 11.3 Å². The summed E-state index contributed by atoms with van der Waals surface area (Å²) in [5.74, 6) is -0.444. The Morgan fingerprint density at radius 2 is 2.05 bits per heavy atom. The molecule has 0 saturated heterocycles. The number of rotatable bonds is 6. The number of sulfonamides is 1. The van der Waals surface area contributed by atoms with E-state index in [0.29, 0.717) is 5.56 Å². The van der Waals surface area contributed by atoms with Gasteiger partial charge >= 0.3 is 0 Å². The molecular formula is C15H19FN2O2S2. The first-order valence-electron chi connectivity index (χ1n) is 6.75. The van der Waals surface area contributed by atoms with Crippen LogP contribution in [0.1, 0.15) is 17.2 Å². The molecule has 1 unspecified atom stereocenters. The molecule has 0 radical (unpaired) electrons. The molecule has 4 nitrogen and oxygen atoms in total. The Balaban J connectivity index is 2.18. The predicted octanol–water partition coefficient (Wildman–Crippen LogP) is 2.78. The number of hydrogen-bond acceptors (Lipinski definition) is 4. The van der Waals surface area contributed by atoms with Crippen molar-refractivity contribution in [1.82, 2.24) is 9.62 Å². The molecule has 7 heteroatoms. The maximum Gasteiger partial charge on any atom is 0.240 e. The second-order valence-corrected chi connectivity index (χ2v) is 7.81. The number of hydrogen-bond donors (Lipinski definition) is 1. The quantitative estimate of drug-likeness (QED) is 0.878. The Morgan fingerprint density at radius 1 is 1.32 bits per heavy atom. The predicted molar refractivity (Wildman–Crippen MR) is 87.1 cm³/mol. The first-order valence-corrected chi connectivity index (χ1v) is 9.18. The summed E-state index contributed by atoms with van der Waals surface area (Å²) >= 11 is 1.57.